The Balaban J connectivity index is 1.83. The third kappa shape index (κ3) is 2.78. The summed E-state index contributed by atoms with van der Waals surface area (Å²) in [5, 5.41) is 3.41. The number of benzene rings is 1. The smallest absolute Gasteiger partial charge is 0.0702 e. The van der Waals surface area contributed by atoms with Crippen molar-refractivity contribution in [1.82, 2.24) is 5.32 Å². The van der Waals surface area contributed by atoms with Crippen molar-refractivity contribution in [2.75, 3.05) is 7.05 Å². The first-order valence-electron chi connectivity index (χ1n) is 6.80. The lowest BCUT2D eigenvalue weighted by Gasteiger charge is -2.26. The normalized spacial score (nSPS) is 17.2. The number of halogens is 1. The predicted molar refractivity (Wildman–Crippen MR) is 86.0 cm³/mol. The molecule has 1 aromatic carbocycles. The molecule has 1 nitrogen and oxygen atoms in total. The summed E-state index contributed by atoms with van der Waals surface area (Å²) in [6, 6.07) is 13.8. The van der Waals surface area contributed by atoms with Gasteiger partial charge in [0.1, 0.15) is 0 Å². The average Bonchev–Trinajstić information content (AvgIpc) is 2.77. The Morgan fingerprint density at radius 2 is 1.89 bits per heavy atom. The van der Waals surface area contributed by atoms with Gasteiger partial charge in [-0.1, -0.05) is 30.7 Å². The Morgan fingerprint density at radius 1 is 1.16 bits per heavy atom. The maximum Gasteiger partial charge on any atom is 0.0702 e. The summed E-state index contributed by atoms with van der Waals surface area (Å²) in [7, 11) is 2.03. The van der Waals surface area contributed by atoms with E-state index in [1.807, 2.05) is 7.05 Å². The molecule has 100 valence electrons. The molecule has 3 rings (SSSR count). The molecule has 0 spiro atoms. The summed E-state index contributed by atoms with van der Waals surface area (Å²) >= 11 is 5.34. The van der Waals surface area contributed by atoms with Crippen LogP contribution in [0.4, 0.5) is 0 Å². The minimum Gasteiger partial charge on any atom is -0.309 e. The Kier molecular flexibility index (Phi) is 4.06. The van der Waals surface area contributed by atoms with E-state index in [1.54, 1.807) is 11.3 Å². The second-order valence-corrected chi connectivity index (χ2v) is 7.65. The van der Waals surface area contributed by atoms with Crippen LogP contribution in [0.1, 0.15) is 47.2 Å². The molecule has 0 radical (unpaired) electrons. The van der Waals surface area contributed by atoms with Crippen LogP contribution in [0.3, 0.4) is 0 Å². The Hall–Kier alpha value is -0.640. The number of nitrogens with one attached hydrogen (secondary N) is 1. The second-order valence-electron chi connectivity index (χ2n) is 5.16. The van der Waals surface area contributed by atoms with Gasteiger partial charge in [-0.15, -0.1) is 11.3 Å². The third-order valence-electron chi connectivity index (χ3n) is 4.01. The Labute approximate surface area is 127 Å². The minimum absolute atomic E-state index is 0.298. The highest BCUT2D eigenvalue weighted by Crippen LogP contribution is 2.37. The van der Waals surface area contributed by atoms with Crippen molar-refractivity contribution in [1.29, 1.82) is 0 Å². The van der Waals surface area contributed by atoms with Gasteiger partial charge < -0.3 is 5.32 Å². The van der Waals surface area contributed by atoms with Crippen LogP contribution in [0.5, 0.6) is 0 Å². The molecule has 1 heterocycles. The van der Waals surface area contributed by atoms with Gasteiger partial charge in [-0.2, -0.15) is 0 Å². The van der Waals surface area contributed by atoms with Crippen molar-refractivity contribution in [2.45, 2.75) is 31.2 Å². The lowest BCUT2D eigenvalue weighted by molar-refractivity contribution is 0.419. The fourth-order valence-electron chi connectivity index (χ4n) is 2.66. The van der Waals surface area contributed by atoms with Gasteiger partial charge >= 0.3 is 0 Å². The van der Waals surface area contributed by atoms with Crippen molar-refractivity contribution < 1.29 is 0 Å². The van der Waals surface area contributed by atoms with Crippen LogP contribution in [0.25, 0.3) is 0 Å². The predicted octanol–water partition coefficient (Wildman–Crippen LogP) is 5.09. The molecule has 1 aliphatic carbocycles. The molecule has 3 heteroatoms. The maximum absolute atomic E-state index is 3.54. The Bertz CT molecular complexity index is 542. The molecule has 2 aromatic rings. The van der Waals surface area contributed by atoms with E-state index in [0.29, 0.717) is 6.04 Å². The summed E-state index contributed by atoms with van der Waals surface area (Å²) in [4.78, 5) is 1.35. The van der Waals surface area contributed by atoms with E-state index in [2.05, 4.69) is 57.6 Å². The maximum atomic E-state index is 3.54. The number of hydrogen-bond acceptors (Lipinski definition) is 2. The van der Waals surface area contributed by atoms with E-state index in [4.69, 9.17) is 0 Å². The molecule has 1 N–H and O–H groups in total. The lowest BCUT2D eigenvalue weighted by atomic mass is 9.80. The van der Waals surface area contributed by atoms with Crippen molar-refractivity contribution in [3.05, 3.63) is 56.2 Å². The van der Waals surface area contributed by atoms with E-state index in [-0.39, 0.29) is 0 Å². The van der Waals surface area contributed by atoms with Gasteiger partial charge in [0.2, 0.25) is 0 Å². The molecular weight excluding hydrogens is 318 g/mol. The summed E-state index contributed by atoms with van der Waals surface area (Å²) in [6.45, 7) is 0. The standard InChI is InChI=1S/C16H18BrNS/c1-18-16(14-9-10-15(17)19-14)13-7-5-12(6-8-13)11-3-2-4-11/h5-11,16,18H,2-4H2,1H3. The highest BCUT2D eigenvalue weighted by Gasteiger charge is 2.20. The molecule has 1 fully saturated rings. The van der Waals surface area contributed by atoms with Crippen LogP contribution in [-0.2, 0) is 0 Å². The molecule has 1 unspecified atom stereocenters. The van der Waals surface area contributed by atoms with Crippen LogP contribution in [0.2, 0.25) is 0 Å². The van der Waals surface area contributed by atoms with Crippen LogP contribution in [0, 0.1) is 0 Å². The van der Waals surface area contributed by atoms with E-state index in [0.717, 1.165) is 5.92 Å². The number of thiophene rings is 1. The molecule has 0 saturated heterocycles. The van der Waals surface area contributed by atoms with Crippen LogP contribution in [-0.4, -0.2) is 7.05 Å². The fraction of sp³-hybridized carbons (Fsp3) is 0.375. The van der Waals surface area contributed by atoms with E-state index >= 15 is 0 Å². The first kappa shape index (κ1) is 13.3. The van der Waals surface area contributed by atoms with E-state index < -0.39 is 0 Å². The van der Waals surface area contributed by atoms with Crippen molar-refractivity contribution in [3.8, 4) is 0 Å². The molecule has 1 atom stereocenters. The van der Waals surface area contributed by atoms with Crippen molar-refractivity contribution in [2.24, 2.45) is 0 Å². The minimum atomic E-state index is 0.298. The third-order valence-corrected chi connectivity index (χ3v) is 5.70. The van der Waals surface area contributed by atoms with Gasteiger partial charge in [-0.3, -0.25) is 0 Å². The van der Waals surface area contributed by atoms with Crippen LogP contribution >= 0.6 is 27.3 Å². The zero-order valence-electron chi connectivity index (χ0n) is 11.0. The van der Waals surface area contributed by atoms with Crippen LogP contribution < -0.4 is 5.32 Å². The first-order chi connectivity index (χ1) is 9.28. The fourth-order valence-corrected chi connectivity index (χ4v) is 4.22. The molecule has 1 saturated carbocycles. The largest absolute Gasteiger partial charge is 0.309 e. The molecule has 0 amide bonds. The highest BCUT2D eigenvalue weighted by atomic mass is 79.9. The lowest BCUT2D eigenvalue weighted by Crippen LogP contribution is -2.16. The van der Waals surface area contributed by atoms with Crippen molar-refractivity contribution in [3.63, 3.8) is 0 Å². The van der Waals surface area contributed by atoms with Gasteiger partial charge in [0, 0.05) is 4.88 Å². The van der Waals surface area contributed by atoms with Gasteiger partial charge in [-0.05, 0) is 65.0 Å². The molecule has 1 aliphatic rings. The summed E-state index contributed by atoms with van der Waals surface area (Å²) < 4.78 is 1.19. The quantitative estimate of drug-likeness (QED) is 0.820. The monoisotopic (exact) mass is 335 g/mol. The average molecular weight is 336 g/mol. The summed E-state index contributed by atoms with van der Waals surface area (Å²) in [5.41, 5.74) is 2.86. The van der Waals surface area contributed by atoms with E-state index in [9.17, 15) is 0 Å². The van der Waals surface area contributed by atoms with E-state index in [1.165, 1.54) is 39.1 Å². The van der Waals surface area contributed by atoms with Gasteiger partial charge in [0.25, 0.3) is 0 Å². The topological polar surface area (TPSA) is 12.0 Å². The summed E-state index contributed by atoms with van der Waals surface area (Å²) in [6.07, 6.45) is 4.13. The SMILES string of the molecule is CNC(c1ccc(C2CCC2)cc1)c1ccc(Br)s1. The number of hydrogen-bond donors (Lipinski definition) is 1. The highest BCUT2D eigenvalue weighted by molar-refractivity contribution is 9.11. The molecule has 1 aromatic heterocycles. The molecule has 0 bridgehead atoms. The first-order valence-corrected chi connectivity index (χ1v) is 8.41. The van der Waals surface area contributed by atoms with Crippen molar-refractivity contribution >= 4 is 27.3 Å². The zero-order valence-corrected chi connectivity index (χ0v) is 13.4. The second kappa shape index (κ2) is 5.78. The van der Waals surface area contributed by atoms with Gasteiger partial charge in [0.05, 0.1) is 9.83 Å². The molecule has 19 heavy (non-hydrogen) atoms. The number of rotatable bonds is 4. The van der Waals surface area contributed by atoms with Gasteiger partial charge in [0.15, 0.2) is 0 Å². The Morgan fingerprint density at radius 3 is 2.37 bits per heavy atom. The molecule has 0 aliphatic heterocycles. The summed E-state index contributed by atoms with van der Waals surface area (Å²) in [5.74, 6) is 0.818. The molecular formula is C16H18BrNS. The van der Waals surface area contributed by atoms with Crippen LogP contribution in [0.15, 0.2) is 40.2 Å². The van der Waals surface area contributed by atoms with Gasteiger partial charge in [-0.25, -0.2) is 0 Å². The zero-order chi connectivity index (χ0) is 13.2.